The van der Waals surface area contributed by atoms with E-state index in [1.165, 1.54) is 11.9 Å². The van der Waals surface area contributed by atoms with Gasteiger partial charge in [0.25, 0.3) is 5.56 Å². The van der Waals surface area contributed by atoms with E-state index >= 15 is 0 Å². The molecule has 2 aliphatic rings. The second-order valence-electron chi connectivity index (χ2n) is 9.73. The molecule has 10 heteroatoms. The van der Waals surface area contributed by atoms with Crippen molar-refractivity contribution in [3.05, 3.63) is 64.1 Å². The number of aromatic nitrogens is 6. The largest absolute Gasteiger partial charge is 0.361 e. The number of anilines is 1. The molecule has 4 aromatic rings. The molecule has 3 aromatic heterocycles. The summed E-state index contributed by atoms with van der Waals surface area (Å²) in [6, 6.07) is 7.92. The van der Waals surface area contributed by atoms with Gasteiger partial charge in [0.15, 0.2) is 17.3 Å². The number of nitrogens with two attached hydrogens (primary N) is 1. The molecule has 0 amide bonds. The van der Waals surface area contributed by atoms with Crippen LogP contribution in [0.4, 0.5) is 5.82 Å². The Balaban J connectivity index is 1.43. The van der Waals surface area contributed by atoms with Gasteiger partial charge in [0, 0.05) is 23.4 Å². The number of hydrogen-bond acceptors (Lipinski definition) is 9. The summed E-state index contributed by atoms with van der Waals surface area (Å²) in [4.78, 5) is 37.9. The highest BCUT2D eigenvalue weighted by molar-refractivity contribution is 7.97. The number of hydrogen-bond donors (Lipinski definition) is 2. The summed E-state index contributed by atoms with van der Waals surface area (Å²) in [5.74, 6) is 1.75. The van der Waals surface area contributed by atoms with Gasteiger partial charge in [-0.25, -0.2) is 24.9 Å². The van der Waals surface area contributed by atoms with Crippen LogP contribution in [0.1, 0.15) is 61.5 Å². The zero-order valence-corrected chi connectivity index (χ0v) is 21.1. The molecule has 0 saturated heterocycles. The first-order valence-corrected chi connectivity index (χ1v) is 13.2. The molecule has 1 aromatic carbocycles. The molecule has 6 rings (SSSR count). The van der Waals surface area contributed by atoms with Gasteiger partial charge in [-0.3, -0.25) is 14.5 Å². The minimum Gasteiger partial charge on any atom is -0.361 e. The lowest BCUT2D eigenvalue weighted by Gasteiger charge is -2.19. The first-order chi connectivity index (χ1) is 17.5. The minimum atomic E-state index is -0.163. The Kier molecular flexibility index (Phi) is 5.93. The summed E-state index contributed by atoms with van der Waals surface area (Å²) in [5.41, 5.74) is 4.74. The molecule has 0 bridgehead atoms. The highest BCUT2D eigenvalue weighted by atomic mass is 32.2. The van der Waals surface area contributed by atoms with Crippen molar-refractivity contribution in [1.82, 2.24) is 29.5 Å². The van der Waals surface area contributed by atoms with Gasteiger partial charge in [-0.1, -0.05) is 12.1 Å². The monoisotopic (exact) mass is 500 g/mol. The van der Waals surface area contributed by atoms with E-state index in [1.54, 1.807) is 17.1 Å². The van der Waals surface area contributed by atoms with Crippen molar-refractivity contribution < 1.29 is 0 Å². The van der Waals surface area contributed by atoms with Crippen LogP contribution in [0.15, 0.2) is 46.5 Å². The zero-order valence-electron chi connectivity index (χ0n) is 20.3. The Morgan fingerprint density at radius 3 is 2.58 bits per heavy atom. The third kappa shape index (κ3) is 4.35. The van der Waals surface area contributed by atoms with Crippen LogP contribution >= 0.6 is 11.9 Å². The molecule has 2 saturated carbocycles. The van der Waals surface area contributed by atoms with Gasteiger partial charge in [-0.05, 0) is 75.1 Å². The maximum Gasteiger partial charge on any atom is 0.295 e. The molecule has 0 radical (unpaired) electrons. The van der Waals surface area contributed by atoms with Crippen molar-refractivity contribution in [2.75, 3.05) is 5.32 Å². The standard InChI is InChI=1S/C26H28N8OS/c1-14-21(22(18-7-8-18)31-13-30-14)23-29-12-20-25(33-23)34(15(2)17-5-6-17)26(35)24(32-20)28-11-16-3-9-19(36-27)10-4-16/h3-4,9-10,12-13,15,17-18H,5-8,11,27H2,1-2H3,(H,28,32)/t15-/m0/s1. The van der Waals surface area contributed by atoms with E-state index in [-0.39, 0.29) is 11.6 Å². The molecule has 36 heavy (non-hydrogen) atoms. The van der Waals surface area contributed by atoms with Crippen molar-refractivity contribution in [3.8, 4) is 11.4 Å². The van der Waals surface area contributed by atoms with Gasteiger partial charge in [-0.15, -0.1) is 0 Å². The minimum absolute atomic E-state index is 0.0168. The first-order valence-electron chi connectivity index (χ1n) is 12.3. The number of aryl methyl sites for hydroxylation is 1. The maximum absolute atomic E-state index is 13.7. The molecule has 0 spiro atoms. The fourth-order valence-corrected chi connectivity index (χ4v) is 5.00. The quantitative estimate of drug-likeness (QED) is 0.339. The second-order valence-corrected chi connectivity index (χ2v) is 10.4. The van der Waals surface area contributed by atoms with Crippen LogP contribution in [0, 0.1) is 12.8 Å². The predicted octanol–water partition coefficient (Wildman–Crippen LogP) is 4.38. The maximum atomic E-state index is 13.7. The van der Waals surface area contributed by atoms with E-state index < -0.39 is 0 Å². The van der Waals surface area contributed by atoms with Crippen LogP contribution in [0.5, 0.6) is 0 Å². The predicted molar refractivity (Wildman–Crippen MR) is 141 cm³/mol. The molecule has 1 atom stereocenters. The highest BCUT2D eigenvalue weighted by Gasteiger charge is 2.33. The molecule has 3 N–H and O–H groups in total. The molecule has 9 nitrogen and oxygen atoms in total. The van der Waals surface area contributed by atoms with Crippen LogP contribution in [0.3, 0.4) is 0 Å². The molecule has 0 aliphatic heterocycles. The fraction of sp³-hybridized carbons (Fsp3) is 0.385. The van der Waals surface area contributed by atoms with Crippen LogP contribution in [-0.2, 0) is 6.54 Å². The van der Waals surface area contributed by atoms with E-state index in [9.17, 15) is 4.79 Å². The van der Waals surface area contributed by atoms with E-state index in [0.717, 1.165) is 53.1 Å². The number of nitrogens with one attached hydrogen (secondary N) is 1. The molecule has 3 heterocycles. The van der Waals surface area contributed by atoms with Gasteiger partial charge in [0.1, 0.15) is 11.8 Å². The van der Waals surface area contributed by atoms with E-state index in [0.29, 0.717) is 41.2 Å². The summed E-state index contributed by atoms with van der Waals surface area (Å²) >= 11 is 1.21. The van der Waals surface area contributed by atoms with Crippen LogP contribution in [0.2, 0.25) is 0 Å². The molecular formula is C26H28N8OS. The number of rotatable bonds is 8. The highest BCUT2D eigenvalue weighted by Crippen LogP contribution is 2.43. The second kappa shape index (κ2) is 9.25. The number of nitrogens with zero attached hydrogens (tertiary/aromatic N) is 6. The lowest BCUT2D eigenvalue weighted by molar-refractivity contribution is 0.482. The van der Waals surface area contributed by atoms with Gasteiger partial charge < -0.3 is 5.32 Å². The Morgan fingerprint density at radius 2 is 1.89 bits per heavy atom. The lowest BCUT2D eigenvalue weighted by atomic mass is 10.1. The van der Waals surface area contributed by atoms with Crippen molar-refractivity contribution in [2.45, 2.75) is 62.9 Å². The average Bonchev–Trinajstić information content (AvgIpc) is 3.80. The molecule has 2 fully saturated rings. The van der Waals surface area contributed by atoms with E-state index in [4.69, 9.17) is 10.1 Å². The smallest absolute Gasteiger partial charge is 0.295 e. The Morgan fingerprint density at radius 1 is 1.11 bits per heavy atom. The van der Waals surface area contributed by atoms with Gasteiger partial charge >= 0.3 is 0 Å². The Labute approximate surface area is 213 Å². The molecular weight excluding hydrogens is 472 g/mol. The Hall–Kier alpha value is -3.37. The normalized spacial score (nSPS) is 16.3. The Bertz CT molecular complexity index is 1490. The number of fused-ring (bicyclic) bond motifs is 1. The van der Waals surface area contributed by atoms with Gasteiger partial charge in [-0.2, -0.15) is 0 Å². The van der Waals surface area contributed by atoms with Gasteiger partial charge in [0.05, 0.1) is 23.1 Å². The third-order valence-electron chi connectivity index (χ3n) is 7.12. The molecule has 2 aliphatic carbocycles. The summed E-state index contributed by atoms with van der Waals surface area (Å²) in [5, 5.41) is 8.87. The van der Waals surface area contributed by atoms with E-state index in [2.05, 4.69) is 32.2 Å². The zero-order chi connectivity index (χ0) is 24.8. The summed E-state index contributed by atoms with van der Waals surface area (Å²) in [7, 11) is 0. The molecule has 184 valence electrons. The fourth-order valence-electron chi connectivity index (χ4n) is 4.71. The van der Waals surface area contributed by atoms with Crippen molar-refractivity contribution >= 4 is 28.9 Å². The van der Waals surface area contributed by atoms with Crippen LogP contribution in [-0.4, -0.2) is 29.5 Å². The summed E-state index contributed by atoms with van der Waals surface area (Å²) in [6.45, 7) is 4.53. The van der Waals surface area contributed by atoms with Crippen LogP contribution < -0.4 is 16.0 Å². The number of benzene rings is 1. The lowest BCUT2D eigenvalue weighted by Crippen LogP contribution is -2.29. The van der Waals surface area contributed by atoms with Gasteiger partial charge in [0.2, 0.25) is 0 Å². The topological polar surface area (TPSA) is 125 Å². The van der Waals surface area contributed by atoms with Crippen molar-refractivity contribution in [3.63, 3.8) is 0 Å². The van der Waals surface area contributed by atoms with Crippen molar-refractivity contribution in [2.24, 2.45) is 11.1 Å². The summed E-state index contributed by atoms with van der Waals surface area (Å²) in [6.07, 6.45) is 7.78. The first kappa shape index (κ1) is 23.1. The SMILES string of the molecule is Cc1ncnc(C2CC2)c1-c1ncc2nc(NCc3ccc(SN)cc3)c(=O)n([C@@H](C)C3CC3)c2n1. The third-order valence-corrected chi connectivity index (χ3v) is 7.66. The van der Waals surface area contributed by atoms with Crippen LogP contribution in [0.25, 0.3) is 22.6 Å². The molecule has 0 unspecified atom stereocenters. The summed E-state index contributed by atoms with van der Waals surface area (Å²) < 4.78 is 1.80. The average molecular weight is 501 g/mol. The van der Waals surface area contributed by atoms with Crippen molar-refractivity contribution in [1.29, 1.82) is 0 Å². The van der Waals surface area contributed by atoms with E-state index in [1.807, 2.05) is 31.2 Å².